The van der Waals surface area contributed by atoms with Crippen LogP contribution in [0.2, 0.25) is 0 Å². The average molecular weight is 403 g/mol. The van der Waals surface area contributed by atoms with Crippen LogP contribution in [0, 0.1) is 6.92 Å². The van der Waals surface area contributed by atoms with E-state index in [0.717, 1.165) is 13.0 Å². The summed E-state index contributed by atoms with van der Waals surface area (Å²) in [5, 5.41) is 3.77. The Morgan fingerprint density at radius 1 is 1.42 bits per heavy atom. The minimum Gasteiger partial charge on any atom is -0.460 e. The third-order valence-electron chi connectivity index (χ3n) is 4.59. The number of carbonyl (C=O) groups is 1. The van der Waals surface area contributed by atoms with Gasteiger partial charge in [0.2, 0.25) is 15.8 Å². The highest BCUT2D eigenvalue weighted by atomic mass is 35.5. The van der Waals surface area contributed by atoms with Crippen LogP contribution in [0.5, 0.6) is 0 Å². The van der Waals surface area contributed by atoms with Crippen molar-refractivity contribution in [1.29, 1.82) is 0 Å². The van der Waals surface area contributed by atoms with Crippen LogP contribution in [-0.2, 0) is 14.8 Å². The highest BCUT2D eigenvalue weighted by Gasteiger charge is 2.30. The molecule has 1 fully saturated rings. The Labute approximate surface area is 159 Å². The van der Waals surface area contributed by atoms with E-state index in [2.05, 4.69) is 5.32 Å². The van der Waals surface area contributed by atoms with Crippen LogP contribution in [0.3, 0.4) is 0 Å². The Bertz CT molecular complexity index is 903. The number of esters is 1. The summed E-state index contributed by atoms with van der Waals surface area (Å²) in [5.41, 5.74) is 1.04. The second-order valence-corrected chi connectivity index (χ2v) is 8.10. The van der Waals surface area contributed by atoms with Crippen molar-refractivity contribution in [2.24, 2.45) is 0 Å². The number of hydrogen-bond acceptors (Lipinski definition) is 6. The van der Waals surface area contributed by atoms with Gasteiger partial charge in [-0.15, -0.1) is 12.4 Å². The van der Waals surface area contributed by atoms with E-state index < -0.39 is 16.0 Å². The number of fused-ring (bicyclic) bond motifs is 1. The lowest BCUT2D eigenvalue weighted by molar-refractivity contribution is 0.0491. The molecule has 9 heteroatoms. The van der Waals surface area contributed by atoms with Gasteiger partial charge in [0.25, 0.3) is 0 Å². The molecule has 1 atom stereocenters. The van der Waals surface area contributed by atoms with Crippen molar-refractivity contribution in [3.8, 4) is 0 Å². The molecule has 0 spiro atoms. The molecule has 26 heavy (non-hydrogen) atoms. The average Bonchev–Trinajstić information content (AvgIpc) is 3.22. The Hall–Kier alpha value is -1.61. The summed E-state index contributed by atoms with van der Waals surface area (Å²) in [6, 6.07) is 4.60. The van der Waals surface area contributed by atoms with Gasteiger partial charge >= 0.3 is 5.97 Å². The molecule has 1 N–H and O–H groups in total. The van der Waals surface area contributed by atoms with Crippen molar-refractivity contribution in [3.05, 3.63) is 29.5 Å². The topological polar surface area (TPSA) is 88.8 Å². The number of furan rings is 1. The fraction of sp³-hybridized carbons (Fsp3) is 0.471. The van der Waals surface area contributed by atoms with Gasteiger partial charge in [-0.3, -0.25) is 0 Å². The molecular weight excluding hydrogens is 380 g/mol. The van der Waals surface area contributed by atoms with Crippen LogP contribution >= 0.6 is 12.4 Å². The van der Waals surface area contributed by atoms with Gasteiger partial charge in [0.15, 0.2) is 0 Å². The molecule has 0 amide bonds. The predicted octanol–water partition coefficient (Wildman–Crippen LogP) is 2.32. The van der Waals surface area contributed by atoms with E-state index in [0.29, 0.717) is 23.1 Å². The van der Waals surface area contributed by atoms with Gasteiger partial charge in [-0.2, -0.15) is 4.31 Å². The number of aryl methyl sites for hydroxylation is 1. The molecule has 1 aliphatic rings. The standard InChI is InChI=1S/C17H22N2O5S.ClH/c1-4-23-17(20)16-11(2)14-9-13(5-6-15(14)24-16)25(21,22)19(3)12-7-8-18-10-12;/h5-6,9,12,18H,4,7-8,10H2,1-3H3;1H. The van der Waals surface area contributed by atoms with Crippen LogP contribution in [0.4, 0.5) is 0 Å². The second kappa shape index (κ2) is 7.96. The zero-order valence-corrected chi connectivity index (χ0v) is 16.6. The van der Waals surface area contributed by atoms with Crippen molar-refractivity contribution in [2.45, 2.75) is 31.2 Å². The molecule has 2 heterocycles. The maximum Gasteiger partial charge on any atom is 0.374 e. The van der Waals surface area contributed by atoms with Gasteiger partial charge in [-0.1, -0.05) is 0 Å². The van der Waals surface area contributed by atoms with Gasteiger partial charge in [-0.05, 0) is 45.0 Å². The Balaban J connectivity index is 0.00000243. The Kier molecular flexibility index (Phi) is 6.33. The zero-order chi connectivity index (χ0) is 18.2. The third-order valence-corrected chi connectivity index (χ3v) is 6.50. The summed E-state index contributed by atoms with van der Waals surface area (Å²) >= 11 is 0. The minimum absolute atomic E-state index is 0. The molecule has 3 rings (SSSR count). The minimum atomic E-state index is -3.62. The normalized spacial score (nSPS) is 17.5. The van der Waals surface area contributed by atoms with Crippen LogP contribution in [-0.4, -0.2) is 51.5 Å². The largest absolute Gasteiger partial charge is 0.460 e. The first-order chi connectivity index (χ1) is 11.9. The van der Waals surface area contributed by atoms with Gasteiger partial charge in [0, 0.05) is 30.6 Å². The number of sulfonamides is 1. The van der Waals surface area contributed by atoms with E-state index >= 15 is 0 Å². The molecule has 2 aromatic rings. The van der Waals surface area contributed by atoms with Gasteiger partial charge in [0.1, 0.15) is 5.58 Å². The van der Waals surface area contributed by atoms with Crippen molar-refractivity contribution in [1.82, 2.24) is 9.62 Å². The molecule has 0 saturated carbocycles. The first kappa shape index (κ1) is 20.7. The van der Waals surface area contributed by atoms with E-state index in [-0.39, 0.29) is 35.7 Å². The molecule has 1 aliphatic heterocycles. The van der Waals surface area contributed by atoms with Crippen LogP contribution in [0.1, 0.15) is 29.5 Å². The second-order valence-electron chi connectivity index (χ2n) is 6.10. The highest BCUT2D eigenvalue weighted by molar-refractivity contribution is 7.89. The van der Waals surface area contributed by atoms with Crippen LogP contribution < -0.4 is 5.32 Å². The summed E-state index contributed by atoms with van der Waals surface area (Å²) in [6.45, 7) is 5.14. The summed E-state index contributed by atoms with van der Waals surface area (Å²) < 4.78 is 37.7. The number of hydrogen-bond donors (Lipinski definition) is 1. The van der Waals surface area contributed by atoms with E-state index in [1.807, 2.05) is 0 Å². The lowest BCUT2D eigenvalue weighted by Gasteiger charge is -2.23. The molecule has 0 aliphatic carbocycles. The lowest BCUT2D eigenvalue weighted by Crippen LogP contribution is -2.38. The number of likely N-dealkylation sites (N-methyl/N-ethyl adjacent to an activating group) is 1. The number of benzene rings is 1. The van der Waals surface area contributed by atoms with Crippen molar-refractivity contribution in [2.75, 3.05) is 26.7 Å². The predicted molar refractivity (Wildman–Crippen MR) is 100 cm³/mol. The van der Waals surface area contributed by atoms with Crippen LogP contribution in [0.15, 0.2) is 27.5 Å². The number of ether oxygens (including phenoxy) is 1. The third kappa shape index (κ3) is 3.59. The van der Waals surface area contributed by atoms with Gasteiger partial charge in [0.05, 0.1) is 11.5 Å². The SMILES string of the molecule is CCOC(=O)c1oc2ccc(S(=O)(=O)N(C)C3CCNC3)cc2c1C.Cl. The smallest absolute Gasteiger partial charge is 0.374 e. The van der Waals surface area contributed by atoms with Crippen molar-refractivity contribution in [3.63, 3.8) is 0 Å². The van der Waals surface area contributed by atoms with E-state index in [1.165, 1.54) is 10.4 Å². The number of carbonyl (C=O) groups excluding carboxylic acids is 1. The fourth-order valence-electron chi connectivity index (χ4n) is 3.06. The Morgan fingerprint density at radius 3 is 2.77 bits per heavy atom. The number of nitrogens with one attached hydrogen (secondary N) is 1. The summed E-state index contributed by atoms with van der Waals surface area (Å²) in [6.07, 6.45) is 0.787. The maximum atomic E-state index is 12.9. The monoisotopic (exact) mass is 402 g/mol. The molecule has 1 aromatic carbocycles. The summed E-state index contributed by atoms with van der Waals surface area (Å²) in [4.78, 5) is 12.1. The quantitative estimate of drug-likeness (QED) is 0.772. The van der Waals surface area contributed by atoms with E-state index in [9.17, 15) is 13.2 Å². The molecule has 1 saturated heterocycles. The van der Waals surface area contributed by atoms with E-state index in [1.54, 1.807) is 33.0 Å². The molecule has 144 valence electrons. The number of halogens is 1. The summed E-state index contributed by atoms with van der Waals surface area (Å²) in [7, 11) is -2.02. The van der Waals surface area contributed by atoms with Crippen molar-refractivity contribution < 1.29 is 22.4 Å². The maximum absolute atomic E-state index is 12.9. The van der Waals surface area contributed by atoms with Gasteiger partial charge < -0.3 is 14.5 Å². The van der Waals surface area contributed by atoms with E-state index in [4.69, 9.17) is 9.15 Å². The number of nitrogens with zero attached hydrogens (tertiary/aromatic N) is 1. The Morgan fingerprint density at radius 2 is 2.15 bits per heavy atom. The molecule has 1 aromatic heterocycles. The highest BCUT2D eigenvalue weighted by Crippen LogP contribution is 2.29. The molecule has 0 radical (unpaired) electrons. The molecule has 7 nitrogen and oxygen atoms in total. The zero-order valence-electron chi connectivity index (χ0n) is 14.9. The molecular formula is C17H23ClN2O5S. The molecule has 1 unspecified atom stereocenters. The van der Waals surface area contributed by atoms with Gasteiger partial charge in [-0.25, -0.2) is 13.2 Å². The first-order valence-electron chi connectivity index (χ1n) is 8.25. The first-order valence-corrected chi connectivity index (χ1v) is 9.69. The summed E-state index contributed by atoms with van der Waals surface area (Å²) in [5.74, 6) is -0.436. The molecule has 0 bridgehead atoms. The fourth-order valence-corrected chi connectivity index (χ4v) is 4.48. The number of rotatable bonds is 5. The lowest BCUT2D eigenvalue weighted by atomic mass is 10.1. The van der Waals surface area contributed by atoms with Crippen molar-refractivity contribution >= 4 is 39.4 Å². The van der Waals surface area contributed by atoms with Crippen LogP contribution in [0.25, 0.3) is 11.0 Å².